The van der Waals surface area contributed by atoms with Crippen LogP contribution in [0.5, 0.6) is 5.75 Å². The largest absolute Gasteiger partial charge is 0.493 e. The number of ether oxygens (including phenoxy) is 1. The quantitative estimate of drug-likeness (QED) is 0.734. The number of nitrogens with one attached hydrogen (secondary N) is 1. The van der Waals surface area contributed by atoms with Gasteiger partial charge >= 0.3 is 0 Å². The molecule has 1 N–H and O–H groups in total. The Balaban J connectivity index is 2.00. The average molecular weight is 304 g/mol. The zero-order valence-corrected chi connectivity index (χ0v) is 13.2. The number of hydrogen-bond donors (Lipinski definition) is 1. The van der Waals surface area contributed by atoms with E-state index in [2.05, 4.69) is 36.5 Å². The average Bonchev–Trinajstić information content (AvgIpc) is 2.50. The third-order valence-electron chi connectivity index (χ3n) is 3.27. The molecule has 0 aliphatic rings. The van der Waals surface area contributed by atoms with Gasteiger partial charge in [0.05, 0.1) is 6.61 Å². The zero-order chi connectivity index (χ0) is 14.9. The molecule has 0 saturated heterocycles. The molecule has 0 aliphatic heterocycles. The minimum Gasteiger partial charge on any atom is -0.493 e. The van der Waals surface area contributed by atoms with E-state index < -0.39 is 0 Å². The molecule has 21 heavy (non-hydrogen) atoms. The fourth-order valence-corrected chi connectivity index (χ4v) is 2.39. The molecule has 2 aromatic carbocycles. The van der Waals surface area contributed by atoms with Gasteiger partial charge in [-0.15, -0.1) is 0 Å². The minimum atomic E-state index is 0.719. The molecular weight excluding hydrogens is 282 g/mol. The Morgan fingerprint density at radius 3 is 2.67 bits per heavy atom. The van der Waals surface area contributed by atoms with Crippen molar-refractivity contribution in [3.63, 3.8) is 0 Å². The topological polar surface area (TPSA) is 21.3 Å². The number of halogens is 1. The predicted octanol–water partition coefficient (Wildman–Crippen LogP) is 4.31. The Labute approximate surface area is 132 Å². The molecule has 3 heteroatoms. The van der Waals surface area contributed by atoms with E-state index in [1.807, 2.05) is 24.3 Å². The standard InChI is InChI=1S/C18H22ClNO/c1-2-20-11-6-12-21-18-10-9-17(19)14-16(18)13-15-7-4-3-5-8-15/h3-5,7-10,14,20H,2,6,11-13H2,1H3. The first kappa shape index (κ1) is 15.9. The summed E-state index contributed by atoms with van der Waals surface area (Å²) in [6.45, 7) is 4.81. The summed E-state index contributed by atoms with van der Waals surface area (Å²) in [5.74, 6) is 0.930. The molecule has 0 saturated carbocycles. The molecule has 2 aromatic rings. The molecule has 0 aromatic heterocycles. The van der Waals surface area contributed by atoms with E-state index >= 15 is 0 Å². The van der Waals surface area contributed by atoms with Gasteiger partial charge in [-0.3, -0.25) is 0 Å². The first-order valence-electron chi connectivity index (χ1n) is 7.45. The monoisotopic (exact) mass is 303 g/mol. The Kier molecular flexibility index (Phi) is 6.58. The van der Waals surface area contributed by atoms with Crippen LogP contribution in [0.3, 0.4) is 0 Å². The van der Waals surface area contributed by atoms with Crippen LogP contribution in [0, 0.1) is 0 Å². The van der Waals surface area contributed by atoms with Crippen LogP contribution in [0.1, 0.15) is 24.5 Å². The van der Waals surface area contributed by atoms with E-state index in [1.165, 1.54) is 5.56 Å². The molecule has 0 unspecified atom stereocenters. The molecule has 0 amide bonds. The van der Waals surface area contributed by atoms with Gasteiger partial charge in [-0.05, 0) is 48.8 Å². The van der Waals surface area contributed by atoms with Gasteiger partial charge in [-0.25, -0.2) is 0 Å². The lowest BCUT2D eigenvalue weighted by Crippen LogP contribution is -2.16. The van der Waals surface area contributed by atoms with Gasteiger partial charge in [0, 0.05) is 11.4 Å². The Morgan fingerprint density at radius 2 is 1.90 bits per heavy atom. The lowest BCUT2D eigenvalue weighted by molar-refractivity contribution is 0.306. The highest BCUT2D eigenvalue weighted by atomic mass is 35.5. The Bertz CT molecular complexity index is 542. The molecule has 2 nitrogen and oxygen atoms in total. The summed E-state index contributed by atoms with van der Waals surface area (Å²) in [6, 6.07) is 16.2. The predicted molar refractivity (Wildman–Crippen MR) is 89.4 cm³/mol. The normalized spacial score (nSPS) is 10.6. The highest BCUT2D eigenvalue weighted by Gasteiger charge is 2.06. The van der Waals surface area contributed by atoms with E-state index in [0.717, 1.165) is 48.9 Å². The van der Waals surface area contributed by atoms with Gasteiger partial charge < -0.3 is 10.1 Å². The molecule has 0 atom stereocenters. The maximum absolute atomic E-state index is 6.12. The summed E-state index contributed by atoms with van der Waals surface area (Å²) in [5.41, 5.74) is 2.40. The third-order valence-corrected chi connectivity index (χ3v) is 3.50. The van der Waals surface area contributed by atoms with Crippen LogP contribution in [-0.2, 0) is 6.42 Å². The number of hydrogen-bond acceptors (Lipinski definition) is 2. The fourth-order valence-electron chi connectivity index (χ4n) is 2.20. The second-order valence-corrected chi connectivity index (χ2v) is 5.41. The molecule has 0 spiro atoms. The SMILES string of the molecule is CCNCCCOc1ccc(Cl)cc1Cc1ccccc1. The maximum Gasteiger partial charge on any atom is 0.122 e. The molecule has 0 radical (unpaired) electrons. The lowest BCUT2D eigenvalue weighted by atomic mass is 10.0. The highest BCUT2D eigenvalue weighted by molar-refractivity contribution is 6.30. The molecule has 0 bridgehead atoms. The molecule has 112 valence electrons. The van der Waals surface area contributed by atoms with Crippen LogP contribution in [-0.4, -0.2) is 19.7 Å². The van der Waals surface area contributed by atoms with Gasteiger partial charge in [-0.1, -0.05) is 48.9 Å². The van der Waals surface area contributed by atoms with E-state index in [9.17, 15) is 0 Å². The lowest BCUT2D eigenvalue weighted by Gasteiger charge is -2.12. The second-order valence-electron chi connectivity index (χ2n) is 4.97. The van der Waals surface area contributed by atoms with Gasteiger partial charge in [0.15, 0.2) is 0 Å². The van der Waals surface area contributed by atoms with Crippen molar-refractivity contribution in [2.24, 2.45) is 0 Å². The summed E-state index contributed by atoms with van der Waals surface area (Å²) in [7, 11) is 0. The number of rotatable bonds is 8. The van der Waals surface area contributed by atoms with Crippen molar-refractivity contribution in [1.29, 1.82) is 0 Å². The molecule has 0 heterocycles. The maximum atomic E-state index is 6.12. The van der Waals surface area contributed by atoms with E-state index in [4.69, 9.17) is 16.3 Å². The summed E-state index contributed by atoms with van der Waals surface area (Å²) in [6.07, 6.45) is 1.84. The smallest absolute Gasteiger partial charge is 0.122 e. The van der Waals surface area contributed by atoms with Crippen molar-refractivity contribution >= 4 is 11.6 Å². The summed E-state index contributed by atoms with van der Waals surface area (Å²) < 4.78 is 5.91. The van der Waals surface area contributed by atoms with E-state index in [1.54, 1.807) is 0 Å². The van der Waals surface area contributed by atoms with Crippen LogP contribution in [0.15, 0.2) is 48.5 Å². The summed E-state index contributed by atoms with van der Waals surface area (Å²) >= 11 is 6.12. The van der Waals surface area contributed by atoms with Crippen molar-refractivity contribution < 1.29 is 4.74 Å². The van der Waals surface area contributed by atoms with Gasteiger partial charge in [0.25, 0.3) is 0 Å². The van der Waals surface area contributed by atoms with Crippen LogP contribution in [0.4, 0.5) is 0 Å². The van der Waals surface area contributed by atoms with Crippen molar-refractivity contribution in [3.8, 4) is 5.75 Å². The molecule has 2 rings (SSSR count). The number of benzene rings is 2. The molecule has 0 aliphatic carbocycles. The molecular formula is C18H22ClNO. The van der Waals surface area contributed by atoms with Gasteiger partial charge in [0.2, 0.25) is 0 Å². The van der Waals surface area contributed by atoms with E-state index in [0.29, 0.717) is 0 Å². The molecule has 0 fully saturated rings. The van der Waals surface area contributed by atoms with Gasteiger partial charge in [-0.2, -0.15) is 0 Å². The Morgan fingerprint density at radius 1 is 1.10 bits per heavy atom. The zero-order valence-electron chi connectivity index (χ0n) is 12.4. The fraction of sp³-hybridized carbons (Fsp3) is 0.333. The Hall–Kier alpha value is -1.51. The highest BCUT2D eigenvalue weighted by Crippen LogP contribution is 2.25. The first-order valence-corrected chi connectivity index (χ1v) is 7.83. The van der Waals surface area contributed by atoms with E-state index in [-0.39, 0.29) is 0 Å². The summed E-state index contributed by atoms with van der Waals surface area (Å²) in [4.78, 5) is 0. The van der Waals surface area contributed by atoms with Crippen molar-refractivity contribution in [2.75, 3.05) is 19.7 Å². The van der Waals surface area contributed by atoms with Gasteiger partial charge in [0.1, 0.15) is 5.75 Å². The summed E-state index contributed by atoms with van der Waals surface area (Å²) in [5, 5.41) is 4.05. The van der Waals surface area contributed by atoms with Crippen LogP contribution < -0.4 is 10.1 Å². The van der Waals surface area contributed by atoms with Crippen molar-refractivity contribution in [3.05, 3.63) is 64.7 Å². The van der Waals surface area contributed by atoms with Crippen LogP contribution in [0.2, 0.25) is 5.02 Å². The minimum absolute atomic E-state index is 0.719. The van der Waals surface area contributed by atoms with Crippen LogP contribution in [0.25, 0.3) is 0 Å². The van der Waals surface area contributed by atoms with Crippen molar-refractivity contribution in [2.45, 2.75) is 19.8 Å². The first-order chi connectivity index (χ1) is 10.3. The third kappa shape index (κ3) is 5.41. The van der Waals surface area contributed by atoms with Crippen LogP contribution >= 0.6 is 11.6 Å². The van der Waals surface area contributed by atoms with Crippen molar-refractivity contribution in [1.82, 2.24) is 5.32 Å². The second kappa shape index (κ2) is 8.71.